The van der Waals surface area contributed by atoms with Crippen LogP contribution < -0.4 is 0 Å². The second-order valence-corrected chi connectivity index (χ2v) is 3.57. The Balaban J connectivity index is 0. The average Bonchev–Trinajstić information content (AvgIpc) is 2.07. The van der Waals surface area contributed by atoms with Gasteiger partial charge in [0.1, 0.15) is 0 Å². The summed E-state index contributed by atoms with van der Waals surface area (Å²) in [6, 6.07) is 0.749. The van der Waals surface area contributed by atoms with Crippen molar-refractivity contribution in [3.63, 3.8) is 0 Å². The van der Waals surface area contributed by atoms with Gasteiger partial charge >= 0.3 is 0 Å². The van der Waals surface area contributed by atoms with E-state index >= 15 is 0 Å². The Morgan fingerprint density at radius 1 is 1.15 bits per heavy atom. The van der Waals surface area contributed by atoms with Crippen LogP contribution in [-0.4, -0.2) is 24.0 Å². The molecular formula is C11H23NY-2. The van der Waals surface area contributed by atoms with Crippen molar-refractivity contribution in [2.24, 2.45) is 0 Å². The number of piperidine rings is 1. The second-order valence-electron chi connectivity index (χ2n) is 3.57. The monoisotopic (exact) mass is 258 g/mol. The quantitative estimate of drug-likeness (QED) is 0.654. The fourth-order valence-corrected chi connectivity index (χ4v) is 1.29. The van der Waals surface area contributed by atoms with Crippen LogP contribution >= 0.6 is 0 Å². The largest absolute Gasteiger partial charge is 0.335 e. The molecule has 77 valence electrons. The van der Waals surface area contributed by atoms with Gasteiger partial charge in [0.05, 0.1) is 0 Å². The van der Waals surface area contributed by atoms with Gasteiger partial charge in [-0.1, -0.05) is 0 Å². The molecule has 0 bridgehead atoms. The van der Waals surface area contributed by atoms with Gasteiger partial charge in [-0.25, -0.2) is 0 Å². The Kier molecular flexibility index (Phi) is 14.1. The number of likely N-dealkylation sites (tertiary alicyclic amines) is 1. The van der Waals surface area contributed by atoms with E-state index in [0.717, 1.165) is 6.04 Å². The third kappa shape index (κ3) is 9.37. The molecule has 0 unspecified atom stereocenters. The predicted molar refractivity (Wildman–Crippen MR) is 55.9 cm³/mol. The summed E-state index contributed by atoms with van der Waals surface area (Å²) < 4.78 is 0. The molecule has 13 heavy (non-hydrogen) atoms. The summed E-state index contributed by atoms with van der Waals surface area (Å²) in [5.41, 5.74) is 0. The van der Waals surface area contributed by atoms with Crippen molar-refractivity contribution in [1.29, 1.82) is 0 Å². The Hall–Kier alpha value is 1.06. The molecule has 1 nitrogen and oxygen atoms in total. The summed E-state index contributed by atoms with van der Waals surface area (Å²) in [6.07, 6.45) is 6.97. The SMILES string of the molecule is CC(C)N1CC[CH-]CC1.C[CH-]C.[Y]. The molecule has 0 aromatic heterocycles. The van der Waals surface area contributed by atoms with E-state index in [1.807, 2.05) is 20.3 Å². The molecule has 0 aromatic carbocycles. The van der Waals surface area contributed by atoms with Crippen molar-refractivity contribution in [2.45, 2.75) is 46.6 Å². The van der Waals surface area contributed by atoms with Crippen molar-refractivity contribution < 1.29 is 32.7 Å². The third-order valence-electron chi connectivity index (χ3n) is 1.97. The van der Waals surface area contributed by atoms with Crippen LogP contribution in [0.3, 0.4) is 0 Å². The van der Waals surface area contributed by atoms with Gasteiger partial charge in [-0.05, 0) is 26.9 Å². The van der Waals surface area contributed by atoms with Crippen LogP contribution in [0.2, 0.25) is 0 Å². The number of rotatable bonds is 1. The predicted octanol–water partition coefficient (Wildman–Crippen LogP) is 2.92. The van der Waals surface area contributed by atoms with E-state index in [4.69, 9.17) is 0 Å². The fourth-order valence-electron chi connectivity index (χ4n) is 1.29. The summed E-state index contributed by atoms with van der Waals surface area (Å²) in [6.45, 7) is 11.1. The number of hydrogen-bond acceptors (Lipinski definition) is 1. The maximum Gasteiger partial charge on any atom is 0.00364 e. The molecule has 0 saturated carbocycles. The molecule has 1 aliphatic heterocycles. The van der Waals surface area contributed by atoms with Gasteiger partial charge in [-0.15, -0.1) is 0 Å². The van der Waals surface area contributed by atoms with Crippen molar-refractivity contribution in [1.82, 2.24) is 4.90 Å². The second kappa shape index (κ2) is 11.1. The third-order valence-corrected chi connectivity index (χ3v) is 1.97. The van der Waals surface area contributed by atoms with E-state index in [0.29, 0.717) is 0 Å². The van der Waals surface area contributed by atoms with Crippen LogP contribution in [0.1, 0.15) is 40.5 Å². The van der Waals surface area contributed by atoms with Gasteiger partial charge in [0, 0.05) is 38.8 Å². The molecule has 0 aliphatic carbocycles. The first kappa shape index (κ1) is 16.5. The smallest absolute Gasteiger partial charge is 0.00364 e. The van der Waals surface area contributed by atoms with E-state index in [1.54, 1.807) is 0 Å². The topological polar surface area (TPSA) is 3.24 Å². The van der Waals surface area contributed by atoms with Gasteiger partial charge in [0.25, 0.3) is 0 Å². The van der Waals surface area contributed by atoms with Crippen molar-refractivity contribution in [3.05, 3.63) is 12.8 Å². The molecule has 0 atom stereocenters. The molecule has 0 spiro atoms. The van der Waals surface area contributed by atoms with Gasteiger partial charge in [0.2, 0.25) is 0 Å². The molecule has 0 amide bonds. The molecule has 1 fully saturated rings. The summed E-state index contributed by atoms with van der Waals surface area (Å²) in [5, 5.41) is 0. The van der Waals surface area contributed by atoms with E-state index < -0.39 is 0 Å². The van der Waals surface area contributed by atoms with E-state index in [2.05, 4.69) is 25.2 Å². The minimum Gasteiger partial charge on any atom is -0.335 e. The Bertz CT molecular complexity index is 88.1. The summed E-state index contributed by atoms with van der Waals surface area (Å²) in [5.74, 6) is 0. The normalized spacial score (nSPS) is 17.3. The molecule has 2 heteroatoms. The minimum absolute atomic E-state index is 0. The first-order chi connectivity index (χ1) is 5.72. The summed E-state index contributed by atoms with van der Waals surface area (Å²) in [7, 11) is 0. The zero-order chi connectivity index (χ0) is 9.40. The molecule has 1 aliphatic rings. The molecule has 1 radical (unpaired) electrons. The maximum atomic E-state index is 2.53. The minimum atomic E-state index is 0. The van der Waals surface area contributed by atoms with Crippen LogP contribution in [0.15, 0.2) is 0 Å². The zero-order valence-corrected chi connectivity index (χ0v) is 12.4. The van der Waals surface area contributed by atoms with Crippen LogP contribution in [0.25, 0.3) is 0 Å². The molecule has 0 N–H and O–H groups in total. The van der Waals surface area contributed by atoms with Crippen LogP contribution in [0.4, 0.5) is 0 Å². The molecule has 1 heterocycles. The summed E-state index contributed by atoms with van der Waals surface area (Å²) >= 11 is 0. The Morgan fingerprint density at radius 3 is 1.77 bits per heavy atom. The van der Waals surface area contributed by atoms with Crippen LogP contribution in [-0.2, 0) is 32.7 Å². The van der Waals surface area contributed by atoms with Crippen molar-refractivity contribution in [3.8, 4) is 0 Å². The molecule has 1 saturated heterocycles. The van der Waals surface area contributed by atoms with Gasteiger partial charge in [0.15, 0.2) is 0 Å². The van der Waals surface area contributed by atoms with E-state index in [9.17, 15) is 0 Å². The van der Waals surface area contributed by atoms with Crippen LogP contribution in [0.5, 0.6) is 0 Å². The number of nitrogens with zero attached hydrogens (tertiary/aromatic N) is 1. The van der Waals surface area contributed by atoms with Crippen molar-refractivity contribution in [2.75, 3.05) is 13.1 Å². The Labute approximate surface area is 110 Å². The van der Waals surface area contributed by atoms with Crippen LogP contribution in [0, 0.1) is 12.8 Å². The van der Waals surface area contributed by atoms with E-state index in [1.165, 1.54) is 25.9 Å². The fraction of sp³-hybridized carbons (Fsp3) is 0.818. The van der Waals surface area contributed by atoms with E-state index in [-0.39, 0.29) is 32.7 Å². The van der Waals surface area contributed by atoms with Gasteiger partial charge < -0.3 is 17.7 Å². The average molecular weight is 258 g/mol. The first-order valence-electron chi connectivity index (χ1n) is 5.02. The number of hydrogen-bond donors (Lipinski definition) is 0. The molecule has 0 aromatic rings. The maximum absolute atomic E-state index is 2.53. The molecule has 1 rings (SSSR count). The molecular weight excluding hydrogens is 235 g/mol. The summed E-state index contributed by atoms with van der Waals surface area (Å²) in [4.78, 5) is 2.53. The zero-order valence-electron chi connectivity index (χ0n) is 9.59. The van der Waals surface area contributed by atoms with Gasteiger partial charge in [-0.3, -0.25) is 0 Å². The van der Waals surface area contributed by atoms with Crippen molar-refractivity contribution >= 4 is 0 Å². The Morgan fingerprint density at radius 2 is 1.54 bits per heavy atom. The standard InChI is InChI=1S/C8H16N.C3H7.Y/c1-8(2)9-6-4-3-5-7-9;1-3-2;/h3,8H,4-7H2,1-2H3;3H,1-2H3;/q2*-1;. The first-order valence-corrected chi connectivity index (χ1v) is 5.02. The van der Waals surface area contributed by atoms with Gasteiger partial charge in [-0.2, -0.15) is 26.7 Å².